The molecular formula is C7H10O4. The van der Waals surface area contributed by atoms with Gasteiger partial charge in [-0.25, -0.2) is 4.79 Å². The van der Waals surface area contributed by atoms with E-state index >= 15 is 0 Å². The molecule has 4 nitrogen and oxygen atoms in total. The van der Waals surface area contributed by atoms with Crippen LogP contribution in [-0.4, -0.2) is 22.6 Å². The zero-order valence-corrected chi connectivity index (χ0v) is 6.29. The van der Waals surface area contributed by atoms with Gasteiger partial charge < -0.3 is 5.11 Å². The molecule has 0 atom stereocenters. The largest absolute Gasteiger partial charge is 0.475 e. The Balaban J connectivity index is 3.84. The first-order chi connectivity index (χ1) is 5.09. The Kier molecular flexibility index (Phi) is 4.10. The molecule has 0 aromatic carbocycles. The number of Topliss-reactive ketones (excluding diaryl/α,β-unsaturated/α-hetero) is 2. The lowest BCUT2D eigenvalue weighted by atomic mass is 10.1. The molecule has 1 N–H and O–H groups in total. The molecule has 0 amide bonds. The van der Waals surface area contributed by atoms with Crippen LogP contribution in [0.25, 0.3) is 0 Å². The lowest BCUT2D eigenvalue weighted by Gasteiger charge is -1.92. The summed E-state index contributed by atoms with van der Waals surface area (Å²) >= 11 is 0. The molecular weight excluding hydrogens is 148 g/mol. The van der Waals surface area contributed by atoms with Crippen LogP contribution in [-0.2, 0) is 14.4 Å². The fraction of sp³-hybridized carbons (Fsp3) is 0.571. The van der Waals surface area contributed by atoms with Crippen molar-refractivity contribution in [3.8, 4) is 0 Å². The maximum absolute atomic E-state index is 10.6. The zero-order valence-electron chi connectivity index (χ0n) is 6.29. The number of unbranched alkanes of at least 4 members (excludes halogenated alkanes) is 1. The normalized spacial score (nSPS) is 9.18. The number of ketones is 2. The van der Waals surface area contributed by atoms with Crippen LogP contribution in [0.5, 0.6) is 0 Å². The highest BCUT2D eigenvalue weighted by molar-refractivity contribution is 6.61. The Hall–Kier alpha value is -1.19. The topological polar surface area (TPSA) is 71.4 Å². The number of carboxylic acids is 1. The Morgan fingerprint density at radius 2 is 1.82 bits per heavy atom. The number of carbonyl (C=O) groups excluding carboxylic acids is 2. The molecule has 62 valence electrons. The van der Waals surface area contributed by atoms with Gasteiger partial charge in [-0.05, 0) is 6.42 Å². The number of carboxylic acid groups (broad SMARTS) is 1. The van der Waals surface area contributed by atoms with Crippen LogP contribution in [0.3, 0.4) is 0 Å². The number of hydrogen-bond donors (Lipinski definition) is 1. The molecule has 0 saturated heterocycles. The maximum Gasteiger partial charge on any atom is 0.380 e. The van der Waals surface area contributed by atoms with Gasteiger partial charge in [-0.15, -0.1) is 0 Å². The second-order valence-corrected chi connectivity index (χ2v) is 2.16. The van der Waals surface area contributed by atoms with E-state index < -0.39 is 17.5 Å². The fourth-order valence-corrected chi connectivity index (χ4v) is 0.570. The monoisotopic (exact) mass is 158 g/mol. The van der Waals surface area contributed by atoms with Gasteiger partial charge >= 0.3 is 11.8 Å². The van der Waals surface area contributed by atoms with E-state index in [0.29, 0.717) is 6.42 Å². The quantitative estimate of drug-likeness (QED) is 0.464. The lowest BCUT2D eigenvalue weighted by molar-refractivity contribution is -0.152. The van der Waals surface area contributed by atoms with Crippen molar-refractivity contribution >= 4 is 17.5 Å². The van der Waals surface area contributed by atoms with Crippen molar-refractivity contribution in [2.75, 3.05) is 0 Å². The van der Waals surface area contributed by atoms with E-state index in [-0.39, 0.29) is 6.42 Å². The van der Waals surface area contributed by atoms with Gasteiger partial charge in [0.2, 0.25) is 5.78 Å². The SMILES string of the molecule is CCCCC(=O)C(=O)C(=O)O. The van der Waals surface area contributed by atoms with Crippen LogP contribution in [0.2, 0.25) is 0 Å². The standard InChI is InChI=1S/C7H10O4/c1-2-3-4-5(8)6(9)7(10)11/h2-4H2,1H3,(H,10,11). The fourth-order valence-electron chi connectivity index (χ4n) is 0.570. The Bertz CT molecular complexity index is 183. The van der Waals surface area contributed by atoms with E-state index in [1.165, 1.54) is 0 Å². The summed E-state index contributed by atoms with van der Waals surface area (Å²) in [5.74, 6) is -3.77. The third-order valence-corrected chi connectivity index (χ3v) is 1.20. The van der Waals surface area contributed by atoms with Crippen LogP contribution in [0.15, 0.2) is 0 Å². The number of carbonyl (C=O) groups is 3. The van der Waals surface area contributed by atoms with Crippen LogP contribution < -0.4 is 0 Å². The zero-order chi connectivity index (χ0) is 8.85. The van der Waals surface area contributed by atoms with E-state index in [9.17, 15) is 14.4 Å². The van der Waals surface area contributed by atoms with E-state index in [1.807, 2.05) is 6.92 Å². The first-order valence-electron chi connectivity index (χ1n) is 3.40. The molecule has 0 aliphatic heterocycles. The van der Waals surface area contributed by atoms with E-state index in [2.05, 4.69) is 0 Å². The predicted molar refractivity (Wildman–Crippen MR) is 37.2 cm³/mol. The molecule has 0 spiro atoms. The lowest BCUT2D eigenvalue weighted by Crippen LogP contribution is -2.22. The van der Waals surface area contributed by atoms with Gasteiger partial charge in [-0.3, -0.25) is 9.59 Å². The molecule has 0 unspecified atom stereocenters. The summed E-state index contributed by atoms with van der Waals surface area (Å²) in [5, 5.41) is 8.08. The molecule has 0 aromatic heterocycles. The van der Waals surface area contributed by atoms with Crippen LogP contribution in [0, 0.1) is 0 Å². The Labute approximate surface area is 64.2 Å². The minimum absolute atomic E-state index is 0.0433. The van der Waals surface area contributed by atoms with E-state index in [0.717, 1.165) is 6.42 Å². The van der Waals surface area contributed by atoms with Crippen LogP contribution >= 0.6 is 0 Å². The molecule has 0 aromatic rings. The average molecular weight is 158 g/mol. The maximum atomic E-state index is 10.6. The van der Waals surface area contributed by atoms with Crippen molar-refractivity contribution in [3.05, 3.63) is 0 Å². The molecule has 0 bridgehead atoms. The molecule has 0 fully saturated rings. The second kappa shape index (κ2) is 4.60. The summed E-state index contributed by atoms with van der Waals surface area (Å²) in [6.45, 7) is 1.86. The van der Waals surface area contributed by atoms with Crippen molar-refractivity contribution in [2.45, 2.75) is 26.2 Å². The molecule has 0 heterocycles. The Morgan fingerprint density at radius 1 is 1.27 bits per heavy atom. The summed E-state index contributed by atoms with van der Waals surface area (Å²) in [5.41, 5.74) is 0. The van der Waals surface area contributed by atoms with Crippen molar-refractivity contribution in [1.82, 2.24) is 0 Å². The first kappa shape index (κ1) is 9.81. The van der Waals surface area contributed by atoms with Crippen LogP contribution in [0.4, 0.5) is 0 Å². The molecule has 0 radical (unpaired) electrons. The van der Waals surface area contributed by atoms with E-state index in [4.69, 9.17) is 5.11 Å². The van der Waals surface area contributed by atoms with Gasteiger partial charge in [0, 0.05) is 6.42 Å². The first-order valence-corrected chi connectivity index (χ1v) is 3.40. The number of hydrogen-bond acceptors (Lipinski definition) is 3. The number of aliphatic carboxylic acids is 1. The minimum atomic E-state index is -1.66. The van der Waals surface area contributed by atoms with Gasteiger partial charge in [0.15, 0.2) is 0 Å². The summed E-state index contributed by atoms with van der Waals surface area (Å²) in [6, 6.07) is 0. The second-order valence-electron chi connectivity index (χ2n) is 2.16. The van der Waals surface area contributed by atoms with Crippen molar-refractivity contribution in [2.24, 2.45) is 0 Å². The minimum Gasteiger partial charge on any atom is -0.475 e. The molecule has 4 heteroatoms. The highest BCUT2D eigenvalue weighted by atomic mass is 16.4. The van der Waals surface area contributed by atoms with Crippen LogP contribution in [0.1, 0.15) is 26.2 Å². The molecule has 0 saturated carbocycles. The smallest absolute Gasteiger partial charge is 0.380 e. The van der Waals surface area contributed by atoms with Gasteiger partial charge in [-0.1, -0.05) is 13.3 Å². The van der Waals surface area contributed by atoms with Gasteiger partial charge in [0.25, 0.3) is 0 Å². The summed E-state index contributed by atoms with van der Waals surface area (Å²) < 4.78 is 0. The molecule has 0 aliphatic carbocycles. The van der Waals surface area contributed by atoms with E-state index in [1.54, 1.807) is 0 Å². The van der Waals surface area contributed by atoms with Gasteiger partial charge in [-0.2, -0.15) is 0 Å². The number of rotatable bonds is 5. The third kappa shape index (κ3) is 3.50. The average Bonchev–Trinajstić information content (AvgIpc) is 1.98. The van der Waals surface area contributed by atoms with Crippen molar-refractivity contribution in [1.29, 1.82) is 0 Å². The highest BCUT2D eigenvalue weighted by Crippen LogP contribution is 1.95. The molecule has 0 aliphatic rings. The van der Waals surface area contributed by atoms with Gasteiger partial charge in [0.05, 0.1) is 0 Å². The summed E-state index contributed by atoms with van der Waals surface area (Å²) in [4.78, 5) is 30.9. The highest BCUT2D eigenvalue weighted by Gasteiger charge is 2.20. The van der Waals surface area contributed by atoms with Crippen molar-refractivity contribution in [3.63, 3.8) is 0 Å². The third-order valence-electron chi connectivity index (χ3n) is 1.20. The van der Waals surface area contributed by atoms with Gasteiger partial charge in [0.1, 0.15) is 0 Å². The molecule has 0 rings (SSSR count). The Morgan fingerprint density at radius 3 is 2.18 bits per heavy atom. The summed E-state index contributed by atoms with van der Waals surface area (Å²) in [6.07, 6.45) is 1.39. The van der Waals surface area contributed by atoms with Crippen molar-refractivity contribution < 1.29 is 19.5 Å². The molecule has 11 heavy (non-hydrogen) atoms. The summed E-state index contributed by atoms with van der Waals surface area (Å²) in [7, 11) is 0. The predicted octanol–water partition coefficient (Wildman–Crippen LogP) is 0.399.